The van der Waals surface area contributed by atoms with Crippen LogP contribution in [0.4, 0.5) is 4.39 Å². The quantitative estimate of drug-likeness (QED) is 0.172. The average Bonchev–Trinajstić information content (AvgIpc) is 3.92. The molecule has 1 aliphatic carbocycles. The number of ether oxygens (including phenoxy) is 1. The SMILES string of the molecule is O=C(O)C[C@H](O)CC(=O)N1C[C@H]2CC(c3ccc(CCCOc4cc(F)ccc4Br)cc3)=C(C(=O)N(Cc3ccccc3Cl)C3CC3)[C@@H](C1)N2. The van der Waals surface area contributed by atoms with Crippen molar-refractivity contribution in [2.24, 2.45) is 0 Å². The molecule has 0 spiro atoms. The van der Waals surface area contributed by atoms with Gasteiger partial charge in [0, 0.05) is 48.4 Å². The molecule has 9 nitrogen and oxygen atoms in total. The Bertz CT molecular complexity index is 1770. The van der Waals surface area contributed by atoms with Crippen molar-refractivity contribution < 1.29 is 33.7 Å². The predicted octanol–water partition coefficient (Wildman–Crippen LogP) is 6.00. The van der Waals surface area contributed by atoms with Gasteiger partial charge < -0.3 is 30.1 Å². The number of fused-ring (bicyclic) bond motifs is 2. The highest BCUT2D eigenvalue weighted by atomic mass is 79.9. The van der Waals surface area contributed by atoms with Crippen molar-refractivity contribution in [2.75, 3.05) is 19.7 Å². The highest BCUT2D eigenvalue weighted by Crippen LogP contribution is 2.38. The number of aliphatic carboxylic acids is 1. The molecule has 2 heterocycles. The first-order valence-corrected chi connectivity index (χ1v) is 18.1. The van der Waals surface area contributed by atoms with E-state index in [0.717, 1.165) is 47.9 Å². The van der Waals surface area contributed by atoms with E-state index in [1.165, 1.54) is 12.1 Å². The van der Waals surface area contributed by atoms with Gasteiger partial charge in [0.05, 0.1) is 36.1 Å². The fourth-order valence-electron chi connectivity index (χ4n) is 6.81. The summed E-state index contributed by atoms with van der Waals surface area (Å²) in [6, 6.07) is 19.6. The number of benzene rings is 3. The van der Waals surface area contributed by atoms with E-state index in [-0.39, 0.29) is 42.7 Å². The van der Waals surface area contributed by atoms with Crippen LogP contribution in [0.5, 0.6) is 5.75 Å². The maximum absolute atomic E-state index is 14.7. The Morgan fingerprint density at radius 1 is 1.06 bits per heavy atom. The van der Waals surface area contributed by atoms with Crippen LogP contribution in [-0.2, 0) is 27.3 Å². The molecule has 3 atom stereocenters. The molecule has 2 bridgehead atoms. The van der Waals surface area contributed by atoms with Crippen LogP contribution in [-0.4, -0.2) is 81.7 Å². The van der Waals surface area contributed by atoms with E-state index in [2.05, 4.69) is 33.4 Å². The Hall–Kier alpha value is -3.77. The first-order valence-electron chi connectivity index (χ1n) is 16.9. The van der Waals surface area contributed by atoms with Crippen LogP contribution in [0.15, 0.2) is 76.8 Å². The summed E-state index contributed by atoms with van der Waals surface area (Å²) in [6.07, 6.45) is 1.72. The van der Waals surface area contributed by atoms with E-state index < -0.39 is 24.5 Å². The van der Waals surface area contributed by atoms with Gasteiger partial charge in [-0.05, 0) is 88.5 Å². The molecule has 3 aromatic rings. The van der Waals surface area contributed by atoms with Gasteiger partial charge in [-0.3, -0.25) is 14.4 Å². The third kappa shape index (κ3) is 8.93. The molecule has 3 N–H and O–H groups in total. The van der Waals surface area contributed by atoms with Crippen LogP contribution >= 0.6 is 27.5 Å². The minimum atomic E-state index is -1.28. The molecule has 6 rings (SSSR count). The van der Waals surface area contributed by atoms with Crippen molar-refractivity contribution in [3.63, 3.8) is 0 Å². The molecule has 1 saturated carbocycles. The van der Waals surface area contributed by atoms with Gasteiger partial charge in [0.25, 0.3) is 5.91 Å². The monoisotopic (exact) mass is 767 g/mol. The average molecular weight is 769 g/mol. The molecule has 2 fully saturated rings. The van der Waals surface area contributed by atoms with Crippen molar-refractivity contribution in [2.45, 2.75) is 75.7 Å². The maximum Gasteiger partial charge on any atom is 0.305 e. The van der Waals surface area contributed by atoms with Crippen LogP contribution in [0.25, 0.3) is 5.57 Å². The van der Waals surface area contributed by atoms with Gasteiger partial charge >= 0.3 is 5.97 Å². The highest BCUT2D eigenvalue weighted by molar-refractivity contribution is 9.10. The van der Waals surface area contributed by atoms with E-state index in [1.54, 1.807) is 11.0 Å². The van der Waals surface area contributed by atoms with E-state index in [1.807, 2.05) is 41.3 Å². The van der Waals surface area contributed by atoms with Gasteiger partial charge in [0.1, 0.15) is 11.6 Å². The summed E-state index contributed by atoms with van der Waals surface area (Å²) < 4.78 is 20.1. The molecule has 1 saturated heterocycles. The topological polar surface area (TPSA) is 119 Å². The number of carboxylic acid groups (broad SMARTS) is 1. The van der Waals surface area contributed by atoms with Crippen LogP contribution in [0.1, 0.15) is 55.2 Å². The van der Waals surface area contributed by atoms with Gasteiger partial charge in [-0.25, -0.2) is 4.39 Å². The summed E-state index contributed by atoms with van der Waals surface area (Å²) in [6.45, 7) is 1.40. The number of rotatable bonds is 14. The van der Waals surface area contributed by atoms with Gasteiger partial charge in [-0.1, -0.05) is 54.1 Å². The van der Waals surface area contributed by atoms with E-state index in [4.69, 9.17) is 21.4 Å². The van der Waals surface area contributed by atoms with Crippen molar-refractivity contribution >= 4 is 50.9 Å². The Morgan fingerprint density at radius 2 is 1.82 bits per heavy atom. The number of hydrogen-bond acceptors (Lipinski definition) is 6. The number of amides is 2. The molecule has 0 radical (unpaired) electrons. The van der Waals surface area contributed by atoms with E-state index in [0.29, 0.717) is 46.9 Å². The second kappa shape index (κ2) is 16.1. The van der Waals surface area contributed by atoms with Gasteiger partial charge in [0.15, 0.2) is 0 Å². The van der Waals surface area contributed by atoms with E-state index >= 15 is 0 Å². The zero-order valence-corrected chi connectivity index (χ0v) is 29.8. The number of carboxylic acids is 1. The van der Waals surface area contributed by atoms with Crippen LogP contribution in [0.3, 0.4) is 0 Å². The molecule has 3 aliphatic rings. The van der Waals surface area contributed by atoms with E-state index in [9.17, 15) is 23.9 Å². The summed E-state index contributed by atoms with van der Waals surface area (Å²) in [5.74, 6) is -1.49. The summed E-state index contributed by atoms with van der Waals surface area (Å²) >= 11 is 9.93. The number of aliphatic hydroxyl groups is 1. The van der Waals surface area contributed by atoms with Crippen molar-refractivity contribution in [1.29, 1.82) is 0 Å². The highest BCUT2D eigenvalue weighted by Gasteiger charge is 2.43. The minimum Gasteiger partial charge on any atom is -0.492 e. The zero-order valence-electron chi connectivity index (χ0n) is 27.5. The normalized spacial score (nSPS) is 19.2. The van der Waals surface area contributed by atoms with Crippen molar-refractivity contribution in [3.8, 4) is 5.75 Å². The lowest BCUT2D eigenvalue weighted by molar-refractivity contribution is -0.141. The third-order valence-corrected chi connectivity index (χ3v) is 10.4. The van der Waals surface area contributed by atoms with Crippen molar-refractivity contribution in [3.05, 3.63) is 104 Å². The van der Waals surface area contributed by atoms with Gasteiger partial charge in [0.2, 0.25) is 5.91 Å². The Morgan fingerprint density at radius 3 is 2.54 bits per heavy atom. The lowest BCUT2D eigenvalue weighted by atomic mass is 9.82. The first kappa shape index (κ1) is 36.0. The van der Waals surface area contributed by atoms with Crippen molar-refractivity contribution in [1.82, 2.24) is 15.1 Å². The maximum atomic E-state index is 14.7. The minimum absolute atomic E-state index is 0.0929. The molecule has 50 heavy (non-hydrogen) atoms. The molecule has 2 aliphatic heterocycles. The standard InChI is InChI=1S/C38H40BrClFN3O6/c39-31-14-11-26(41)16-34(31)50-15-3-4-23-7-9-24(10-8-23)30-17-27-21-43(35(46)18-29(45)19-36(47)48)22-33(42-27)37(30)38(49)44(28-12-13-28)20-25-5-1-2-6-32(25)40/h1-2,5-11,14,16,27-29,33,42,45H,3-4,12-13,15,17-22H2,(H,47,48)/t27-,29-,33-/m1/s1. The van der Waals surface area contributed by atoms with Crippen LogP contribution in [0.2, 0.25) is 5.02 Å². The second-order valence-electron chi connectivity index (χ2n) is 13.2. The Labute approximate surface area is 304 Å². The second-order valence-corrected chi connectivity index (χ2v) is 14.5. The smallest absolute Gasteiger partial charge is 0.305 e. The number of nitrogens with zero attached hydrogens (tertiary/aromatic N) is 2. The Balaban J connectivity index is 1.23. The summed E-state index contributed by atoms with van der Waals surface area (Å²) in [7, 11) is 0. The van der Waals surface area contributed by atoms with Gasteiger partial charge in [-0.15, -0.1) is 0 Å². The molecular weight excluding hydrogens is 729 g/mol. The predicted molar refractivity (Wildman–Crippen MR) is 191 cm³/mol. The Kier molecular flexibility index (Phi) is 11.6. The molecule has 264 valence electrons. The number of hydrogen-bond donors (Lipinski definition) is 3. The lowest BCUT2D eigenvalue weighted by Gasteiger charge is -2.45. The molecule has 0 unspecified atom stereocenters. The largest absolute Gasteiger partial charge is 0.492 e. The zero-order chi connectivity index (χ0) is 35.4. The number of carbonyl (C=O) groups is 3. The molecule has 2 amide bonds. The molecule has 3 aromatic carbocycles. The molecular formula is C38H40BrClFN3O6. The number of nitrogens with one attached hydrogen (secondary N) is 1. The number of piperazine rings is 1. The molecule has 12 heteroatoms. The first-order chi connectivity index (χ1) is 24.0. The number of carbonyl (C=O) groups excluding carboxylic acids is 2. The summed E-state index contributed by atoms with van der Waals surface area (Å²) in [4.78, 5) is 42.6. The number of aliphatic hydroxyl groups excluding tert-OH is 1. The summed E-state index contributed by atoms with van der Waals surface area (Å²) in [5.41, 5.74) is 4.47. The van der Waals surface area contributed by atoms with Crippen LogP contribution in [0, 0.1) is 5.82 Å². The van der Waals surface area contributed by atoms with Gasteiger partial charge in [-0.2, -0.15) is 0 Å². The summed E-state index contributed by atoms with van der Waals surface area (Å²) in [5, 5.41) is 23.4. The fraction of sp³-hybridized carbons (Fsp3) is 0.395. The number of halogens is 3. The van der Waals surface area contributed by atoms with Crippen LogP contribution < -0.4 is 10.1 Å². The number of aryl methyl sites for hydroxylation is 1. The molecule has 0 aromatic heterocycles. The lowest BCUT2D eigenvalue weighted by Crippen LogP contribution is -2.62. The third-order valence-electron chi connectivity index (χ3n) is 9.42. The fourth-order valence-corrected chi connectivity index (χ4v) is 7.37.